The molecule has 1 spiro atoms. The molecule has 5 rings (SSSR count). The highest BCUT2D eigenvalue weighted by Crippen LogP contribution is 2.47. The molecule has 2 aliphatic rings. The van der Waals surface area contributed by atoms with Crippen LogP contribution in [-0.2, 0) is 0 Å². The highest BCUT2D eigenvalue weighted by Gasteiger charge is 2.45. The van der Waals surface area contributed by atoms with Gasteiger partial charge in [-0.1, -0.05) is 24.3 Å². The Kier molecular flexibility index (Phi) is 6.07. The Hall–Kier alpha value is -4.00. The van der Waals surface area contributed by atoms with E-state index in [2.05, 4.69) is 0 Å². The lowest BCUT2D eigenvalue weighted by Gasteiger charge is -2.44. The molecule has 0 aromatic heterocycles. The molecule has 2 heterocycles. The summed E-state index contributed by atoms with van der Waals surface area (Å²) in [5, 5.41) is 0. The average molecular weight is 474 g/mol. The fourth-order valence-corrected chi connectivity index (χ4v) is 4.76. The van der Waals surface area contributed by atoms with Crippen LogP contribution in [0.4, 0.5) is 0 Å². The van der Waals surface area contributed by atoms with Crippen molar-refractivity contribution in [3.05, 3.63) is 77.9 Å². The zero-order valence-corrected chi connectivity index (χ0v) is 19.8. The Morgan fingerprint density at radius 3 is 2.37 bits per heavy atom. The Balaban J connectivity index is 1.30. The summed E-state index contributed by atoms with van der Waals surface area (Å²) in [7, 11) is 3.08. The van der Waals surface area contributed by atoms with Gasteiger partial charge < -0.3 is 23.8 Å². The minimum atomic E-state index is -0.668. The largest absolute Gasteiger partial charge is 0.493 e. The summed E-state index contributed by atoms with van der Waals surface area (Å²) in [6.45, 7) is 0.967. The van der Waals surface area contributed by atoms with Gasteiger partial charge in [0.25, 0.3) is 5.91 Å². The second kappa shape index (κ2) is 9.33. The Morgan fingerprint density at radius 1 is 0.914 bits per heavy atom. The lowest BCUT2D eigenvalue weighted by molar-refractivity contribution is -0.00746. The molecule has 0 N–H and O–H groups in total. The second-order valence-corrected chi connectivity index (χ2v) is 8.80. The smallest absolute Gasteiger partial charge is 0.253 e. The number of piperidine rings is 1. The molecule has 0 atom stereocenters. The van der Waals surface area contributed by atoms with E-state index < -0.39 is 5.60 Å². The van der Waals surface area contributed by atoms with Crippen LogP contribution in [-0.4, -0.2) is 49.5 Å². The monoisotopic (exact) mass is 473 g/mol. The SMILES string of the molecule is COc1ccc2c(c1OC)OC1(CCN(C(=O)c3cccc(Oc4ccccc4)c3)CC1)CC2=O. The van der Waals surface area contributed by atoms with E-state index in [1.54, 1.807) is 36.3 Å². The van der Waals surface area contributed by atoms with Gasteiger partial charge in [0.1, 0.15) is 17.1 Å². The summed E-state index contributed by atoms with van der Waals surface area (Å²) in [5.74, 6) is 2.62. The van der Waals surface area contributed by atoms with Crippen LogP contribution in [0.5, 0.6) is 28.7 Å². The molecule has 35 heavy (non-hydrogen) atoms. The van der Waals surface area contributed by atoms with Crippen molar-refractivity contribution in [1.29, 1.82) is 0 Å². The van der Waals surface area contributed by atoms with Gasteiger partial charge in [0.15, 0.2) is 17.3 Å². The predicted molar refractivity (Wildman–Crippen MR) is 130 cm³/mol. The maximum Gasteiger partial charge on any atom is 0.253 e. The first kappa shape index (κ1) is 22.8. The van der Waals surface area contributed by atoms with Crippen LogP contribution in [0.1, 0.15) is 40.0 Å². The van der Waals surface area contributed by atoms with E-state index >= 15 is 0 Å². The van der Waals surface area contributed by atoms with Gasteiger partial charge in [0, 0.05) is 31.5 Å². The molecule has 7 nitrogen and oxygen atoms in total. The van der Waals surface area contributed by atoms with E-state index in [1.807, 2.05) is 42.5 Å². The molecule has 0 saturated carbocycles. The number of ether oxygens (including phenoxy) is 4. The lowest BCUT2D eigenvalue weighted by Crippen LogP contribution is -2.52. The topological polar surface area (TPSA) is 74.3 Å². The number of amides is 1. The number of benzene rings is 3. The minimum absolute atomic E-state index is 0.0118. The number of likely N-dealkylation sites (tertiary alicyclic amines) is 1. The van der Waals surface area contributed by atoms with E-state index in [4.69, 9.17) is 18.9 Å². The third kappa shape index (κ3) is 4.41. The van der Waals surface area contributed by atoms with Gasteiger partial charge in [-0.2, -0.15) is 0 Å². The number of nitrogens with zero attached hydrogens (tertiary/aromatic N) is 1. The molecular formula is C28H27NO6. The number of fused-ring (bicyclic) bond motifs is 1. The molecule has 0 unspecified atom stereocenters. The van der Waals surface area contributed by atoms with Crippen LogP contribution in [0.15, 0.2) is 66.7 Å². The van der Waals surface area contributed by atoms with Gasteiger partial charge in [-0.15, -0.1) is 0 Å². The van der Waals surface area contributed by atoms with Crippen molar-refractivity contribution in [2.24, 2.45) is 0 Å². The van der Waals surface area contributed by atoms with Crippen LogP contribution in [0.3, 0.4) is 0 Å². The first-order valence-corrected chi connectivity index (χ1v) is 11.6. The maximum atomic E-state index is 13.2. The van der Waals surface area contributed by atoms with Gasteiger partial charge in [0.2, 0.25) is 5.75 Å². The van der Waals surface area contributed by atoms with Gasteiger partial charge in [-0.05, 0) is 42.5 Å². The molecule has 7 heteroatoms. The molecule has 3 aromatic rings. The summed E-state index contributed by atoms with van der Waals surface area (Å²) in [6.07, 6.45) is 1.37. The number of methoxy groups -OCH3 is 2. The molecular weight excluding hydrogens is 446 g/mol. The standard InChI is InChI=1S/C28H27NO6/c1-32-24-12-11-22-23(30)18-28(35-25(22)26(24)33-2)13-15-29(16-14-28)27(31)19-7-6-10-21(17-19)34-20-8-4-3-5-9-20/h3-12,17H,13-16,18H2,1-2H3. The van der Waals surface area contributed by atoms with Crippen molar-refractivity contribution in [1.82, 2.24) is 4.90 Å². The van der Waals surface area contributed by atoms with Crippen LogP contribution in [0.2, 0.25) is 0 Å². The van der Waals surface area contributed by atoms with Crippen molar-refractivity contribution in [3.63, 3.8) is 0 Å². The van der Waals surface area contributed by atoms with Crippen LogP contribution in [0, 0.1) is 0 Å². The number of ketones is 1. The minimum Gasteiger partial charge on any atom is -0.493 e. The molecule has 1 fully saturated rings. The third-order valence-corrected chi connectivity index (χ3v) is 6.62. The van der Waals surface area contributed by atoms with Crippen molar-refractivity contribution in [2.75, 3.05) is 27.3 Å². The Bertz CT molecular complexity index is 1250. The van der Waals surface area contributed by atoms with Crippen molar-refractivity contribution >= 4 is 11.7 Å². The molecule has 0 bridgehead atoms. The van der Waals surface area contributed by atoms with E-state index in [1.165, 1.54) is 7.11 Å². The lowest BCUT2D eigenvalue weighted by atomic mass is 9.82. The summed E-state index contributed by atoms with van der Waals surface area (Å²) in [4.78, 5) is 28.0. The number of para-hydroxylation sites is 1. The summed E-state index contributed by atoms with van der Waals surface area (Å²) < 4.78 is 23.2. The van der Waals surface area contributed by atoms with Gasteiger partial charge in [0.05, 0.1) is 26.2 Å². The number of carbonyl (C=O) groups excluding carboxylic acids is 2. The molecule has 2 aliphatic heterocycles. The third-order valence-electron chi connectivity index (χ3n) is 6.62. The number of hydrogen-bond donors (Lipinski definition) is 0. The molecule has 0 radical (unpaired) electrons. The average Bonchev–Trinajstić information content (AvgIpc) is 2.89. The summed E-state index contributed by atoms with van der Waals surface area (Å²) in [6, 6.07) is 20.1. The fraction of sp³-hybridized carbons (Fsp3) is 0.286. The van der Waals surface area contributed by atoms with E-state index in [0.717, 1.165) is 0 Å². The highest BCUT2D eigenvalue weighted by atomic mass is 16.5. The van der Waals surface area contributed by atoms with Crippen molar-refractivity contribution < 1.29 is 28.5 Å². The van der Waals surface area contributed by atoms with Gasteiger partial charge >= 0.3 is 0 Å². The molecule has 0 aliphatic carbocycles. The maximum absolute atomic E-state index is 13.2. The molecule has 1 saturated heterocycles. The molecule has 180 valence electrons. The summed E-state index contributed by atoms with van der Waals surface area (Å²) in [5.41, 5.74) is 0.396. The van der Waals surface area contributed by atoms with E-state index in [0.29, 0.717) is 65.8 Å². The summed E-state index contributed by atoms with van der Waals surface area (Å²) >= 11 is 0. The Labute approximate surface area is 204 Å². The van der Waals surface area contributed by atoms with Crippen LogP contribution < -0.4 is 18.9 Å². The molecule has 1 amide bonds. The van der Waals surface area contributed by atoms with E-state index in [-0.39, 0.29) is 18.1 Å². The fourth-order valence-electron chi connectivity index (χ4n) is 4.76. The van der Waals surface area contributed by atoms with Crippen LogP contribution in [0.25, 0.3) is 0 Å². The molecule has 3 aromatic carbocycles. The number of carbonyl (C=O) groups is 2. The van der Waals surface area contributed by atoms with E-state index in [9.17, 15) is 9.59 Å². The first-order valence-electron chi connectivity index (χ1n) is 11.6. The Morgan fingerprint density at radius 2 is 1.66 bits per heavy atom. The normalized spacial score (nSPS) is 16.3. The first-order chi connectivity index (χ1) is 17.0. The zero-order chi connectivity index (χ0) is 24.4. The quantitative estimate of drug-likeness (QED) is 0.511. The van der Waals surface area contributed by atoms with Crippen LogP contribution >= 0.6 is 0 Å². The number of hydrogen-bond acceptors (Lipinski definition) is 6. The number of rotatable bonds is 5. The van der Waals surface area contributed by atoms with Gasteiger partial charge in [-0.3, -0.25) is 9.59 Å². The highest BCUT2D eigenvalue weighted by molar-refractivity contribution is 6.01. The van der Waals surface area contributed by atoms with Crippen molar-refractivity contribution in [2.45, 2.75) is 24.9 Å². The zero-order valence-electron chi connectivity index (χ0n) is 19.8. The van der Waals surface area contributed by atoms with Crippen molar-refractivity contribution in [3.8, 4) is 28.7 Å². The second-order valence-electron chi connectivity index (χ2n) is 8.80. The van der Waals surface area contributed by atoms with Gasteiger partial charge in [-0.25, -0.2) is 0 Å². The number of Topliss-reactive ketones (excluding diaryl/α,β-unsaturated/α-hetero) is 1. The predicted octanol–water partition coefficient (Wildman–Crippen LogP) is 5.14.